The molecule has 9 nitrogen and oxygen atoms in total. The van der Waals surface area contributed by atoms with E-state index < -0.39 is 0 Å². The maximum atomic E-state index is 13.2. The fraction of sp³-hybridized carbons (Fsp3) is 0.423. The monoisotopic (exact) mass is 546 g/mol. The van der Waals surface area contributed by atoms with Gasteiger partial charge in [0.05, 0.1) is 35.5 Å². The highest BCUT2D eigenvalue weighted by molar-refractivity contribution is 6.41. The Labute approximate surface area is 226 Å². The molecule has 0 bridgehead atoms. The largest absolute Gasteiger partial charge is 0.495 e. The normalized spacial score (nSPS) is 14.5. The van der Waals surface area contributed by atoms with Crippen LogP contribution >= 0.6 is 23.2 Å². The second kappa shape index (κ2) is 12.0. The molecular formula is C26H32Cl2N6O3. The van der Waals surface area contributed by atoms with Crippen LogP contribution in [0.25, 0.3) is 22.2 Å². The van der Waals surface area contributed by atoms with E-state index in [4.69, 9.17) is 37.7 Å². The van der Waals surface area contributed by atoms with Gasteiger partial charge < -0.3 is 24.7 Å². The minimum Gasteiger partial charge on any atom is -0.495 e. The molecule has 3 aromatic rings. The minimum absolute atomic E-state index is 0.226. The highest BCUT2D eigenvalue weighted by Gasteiger charge is 2.22. The maximum absolute atomic E-state index is 13.2. The molecule has 1 aliphatic rings. The fourth-order valence-corrected chi connectivity index (χ4v) is 5.28. The number of nitrogens with zero attached hydrogens (tertiary/aromatic N) is 4. The maximum Gasteiger partial charge on any atom is 0.257 e. The second-order valence-corrected chi connectivity index (χ2v) is 9.52. The lowest BCUT2D eigenvalue weighted by atomic mass is 10.0. The summed E-state index contributed by atoms with van der Waals surface area (Å²) in [6.07, 6.45) is 5.87. The number of benzene rings is 1. The quantitative estimate of drug-likeness (QED) is 0.406. The second-order valence-electron chi connectivity index (χ2n) is 8.77. The number of pyridine rings is 1. The molecule has 0 amide bonds. The van der Waals surface area contributed by atoms with Gasteiger partial charge in [-0.1, -0.05) is 29.3 Å². The van der Waals surface area contributed by atoms with Gasteiger partial charge in [-0.2, -0.15) is 4.98 Å². The van der Waals surface area contributed by atoms with E-state index in [2.05, 4.69) is 37.4 Å². The van der Waals surface area contributed by atoms with Gasteiger partial charge in [-0.25, -0.2) is 4.98 Å². The lowest BCUT2D eigenvalue weighted by molar-refractivity contribution is 0.167. The third-order valence-corrected chi connectivity index (χ3v) is 7.26. The predicted molar refractivity (Wildman–Crippen MR) is 149 cm³/mol. The summed E-state index contributed by atoms with van der Waals surface area (Å²) in [7, 11) is 4.74. The number of hydrogen-bond acceptors (Lipinski definition) is 8. The molecule has 2 aromatic heterocycles. The first kappa shape index (κ1) is 27.0. The molecule has 2 N–H and O–H groups in total. The van der Waals surface area contributed by atoms with Crippen molar-refractivity contribution >= 4 is 40.2 Å². The first-order chi connectivity index (χ1) is 17.9. The Balaban J connectivity index is 1.68. The van der Waals surface area contributed by atoms with E-state index in [0.717, 1.165) is 56.6 Å². The lowest BCUT2D eigenvalue weighted by Gasteiger charge is -2.34. The van der Waals surface area contributed by atoms with Gasteiger partial charge in [0.1, 0.15) is 17.1 Å². The first-order valence-electron chi connectivity index (χ1n) is 12.2. The number of methoxy groups -OCH3 is 2. The van der Waals surface area contributed by atoms with Crippen molar-refractivity contribution in [2.24, 2.45) is 0 Å². The summed E-state index contributed by atoms with van der Waals surface area (Å²) in [5.74, 6) is 1.16. The molecule has 0 unspecified atom stereocenters. The van der Waals surface area contributed by atoms with Gasteiger partial charge in [0.15, 0.2) is 0 Å². The van der Waals surface area contributed by atoms with Crippen LogP contribution in [0.2, 0.25) is 10.0 Å². The number of halogens is 2. The van der Waals surface area contributed by atoms with Crippen LogP contribution in [-0.2, 0) is 6.42 Å². The number of anilines is 1. The Morgan fingerprint density at radius 3 is 2.35 bits per heavy atom. The average Bonchev–Trinajstić information content (AvgIpc) is 2.90. The van der Waals surface area contributed by atoms with Crippen LogP contribution in [0, 0.1) is 0 Å². The summed E-state index contributed by atoms with van der Waals surface area (Å²) in [5.41, 5.74) is 1.54. The van der Waals surface area contributed by atoms with Crippen molar-refractivity contribution in [3.05, 3.63) is 50.5 Å². The molecule has 1 fully saturated rings. The van der Waals surface area contributed by atoms with Crippen molar-refractivity contribution in [1.29, 1.82) is 0 Å². The fourth-order valence-electron chi connectivity index (χ4n) is 4.57. The average molecular weight is 547 g/mol. The molecule has 4 rings (SSSR count). The Kier molecular flexibility index (Phi) is 8.79. The molecule has 198 valence electrons. The number of fused-ring (bicyclic) bond motifs is 1. The highest BCUT2D eigenvalue weighted by Crippen LogP contribution is 2.45. The molecule has 3 heterocycles. The zero-order valence-electron chi connectivity index (χ0n) is 21.5. The zero-order valence-corrected chi connectivity index (χ0v) is 23.0. The Hall–Kier alpha value is -3.01. The molecule has 1 saturated heterocycles. The number of aryl methyl sites for hydroxylation is 1. The molecular weight excluding hydrogens is 515 g/mol. The van der Waals surface area contributed by atoms with E-state index >= 15 is 0 Å². The van der Waals surface area contributed by atoms with E-state index in [0.29, 0.717) is 34.2 Å². The molecule has 0 spiro atoms. The molecule has 0 radical (unpaired) electrons. The first-order valence-corrected chi connectivity index (χ1v) is 13.0. The topological polar surface area (TPSA) is 95.6 Å². The molecule has 0 saturated carbocycles. The molecule has 11 heteroatoms. The van der Waals surface area contributed by atoms with E-state index in [9.17, 15) is 4.79 Å². The molecule has 37 heavy (non-hydrogen) atoms. The van der Waals surface area contributed by atoms with Crippen LogP contribution in [0.15, 0.2) is 29.2 Å². The Bertz CT molecular complexity index is 1320. The van der Waals surface area contributed by atoms with Crippen molar-refractivity contribution in [2.75, 3.05) is 59.3 Å². The number of H-pyrrole nitrogens is 1. The Morgan fingerprint density at radius 2 is 1.76 bits per heavy atom. The van der Waals surface area contributed by atoms with Crippen molar-refractivity contribution in [3.63, 3.8) is 0 Å². The van der Waals surface area contributed by atoms with E-state index in [1.807, 2.05) is 6.92 Å². The standard InChI is InChI=1S/C26H32Cl2N6O3/c1-5-8-33-10-12-34(13-11-33)9-6-7-18-16-14-17(25(35)31-24(16)32-26(29-2)30-18)21-22(27)19(36-3)15-20(37-4)23(21)28/h5,8,14-15H,6-7,9-13H2,1-4H3,(H2,29,30,31,32,35). The SMILES string of the molecule is CC=CN1CCN(CCCc2nc(NC)nc3[nH]c(=O)c(-c4c(Cl)c(OC)cc(OC)c4Cl)cc23)CC1. The molecule has 1 aromatic carbocycles. The zero-order chi connectivity index (χ0) is 26.5. The van der Waals surface area contributed by atoms with Crippen LogP contribution in [-0.4, -0.2) is 78.7 Å². The molecule has 1 aliphatic heterocycles. The summed E-state index contributed by atoms with van der Waals surface area (Å²) >= 11 is 13.2. The number of ether oxygens (including phenoxy) is 2. The summed E-state index contributed by atoms with van der Waals surface area (Å²) in [4.78, 5) is 30.1. The number of allylic oxidation sites excluding steroid dienone is 1. The lowest BCUT2D eigenvalue weighted by Crippen LogP contribution is -2.44. The smallest absolute Gasteiger partial charge is 0.257 e. The van der Waals surface area contributed by atoms with Gasteiger partial charge in [0, 0.05) is 50.2 Å². The van der Waals surface area contributed by atoms with E-state index in [1.165, 1.54) is 14.2 Å². The number of rotatable bonds is 9. The Morgan fingerprint density at radius 1 is 1.08 bits per heavy atom. The number of aromatic amines is 1. The van der Waals surface area contributed by atoms with Crippen molar-refractivity contribution < 1.29 is 9.47 Å². The summed E-state index contributed by atoms with van der Waals surface area (Å²) in [5, 5.41) is 4.18. The minimum atomic E-state index is -0.377. The van der Waals surface area contributed by atoms with Gasteiger partial charge in [-0.3, -0.25) is 9.69 Å². The number of piperazine rings is 1. The molecule has 0 atom stereocenters. The van der Waals surface area contributed by atoms with Crippen LogP contribution in [0.3, 0.4) is 0 Å². The van der Waals surface area contributed by atoms with Gasteiger partial charge >= 0.3 is 0 Å². The van der Waals surface area contributed by atoms with Crippen molar-refractivity contribution in [2.45, 2.75) is 19.8 Å². The van der Waals surface area contributed by atoms with Crippen LogP contribution < -0.4 is 20.3 Å². The van der Waals surface area contributed by atoms with Gasteiger partial charge in [-0.15, -0.1) is 0 Å². The summed E-state index contributed by atoms with van der Waals surface area (Å²) in [6.45, 7) is 7.13. The van der Waals surface area contributed by atoms with Gasteiger partial charge in [0.25, 0.3) is 5.56 Å². The highest BCUT2D eigenvalue weighted by atomic mass is 35.5. The van der Waals surface area contributed by atoms with E-state index in [1.54, 1.807) is 19.2 Å². The number of nitrogens with one attached hydrogen (secondary N) is 2. The van der Waals surface area contributed by atoms with E-state index in [-0.39, 0.29) is 15.6 Å². The number of aromatic nitrogens is 3. The third-order valence-electron chi connectivity index (χ3n) is 6.51. The van der Waals surface area contributed by atoms with Gasteiger partial charge in [-0.05, 0) is 38.6 Å². The predicted octanol–water partition coefficient (Wildman–Crippen LogP) is 4.43. The van der Waals surface area contributed by atoms with Crippen LogP contribution in [0.4, 0.5) is 5.95 Å². The van der Waals surface area contributed by atoms with Crippen molar-refractivity contribution in [1.82, 2.24) is 24.8 Å². The summed E-state index contributed by atoms with van der Waals surface area (Å²) < 4.78 is 10.8. The summed E-state index contributed by atoms with van der Waals surface area (Å²) in [6, 6.07) is 3.35. The van der Waals surface area contributed by atoms with Gasteiger partial charge in [0.2, 0.25) is 5.95 Å². The molecule has 0 aliphatic carbocycles. The van der Waals surface area contributed by atoms with Crippen molar-refractivity contribution in [3.8, 4) is 22.6 Å². The third kappa shape index (κ3) is 5.79. The number of hydrogen-bond donors (Lipinski definition) is 2. The van der Waals surface area contributed by atoms with Crippen LogP contribution in [0.1, 0.15) is 19.0 Å². The van der Waals surface area contributed by atoms with Crippen LogP contribution in [0.5, 0.6) is 11.5 Å².